The molecule has 1 heterocycles. The molecule has 20 heavy (non-hydrogen) atoms. The minimum atomic E-state index is -4.46. The Labute approximate surface area is 113 Å². The highest BCUT2D eigenvalue weighted by atomic mass is 19.4. The summed E-state index contributed by atoms with van der Waals surface area (Å²) < 4.78 is 67.4. The highest BCUT2D eigenvalue weighted by Gasteiger charge is 2.32. The van der Waals surface area contributed by atoms with Crippen molar-refractivity contribution in [3.05, 3.63) is 23.8 Å². The monoisotopic (exact) mass is 295 g/mol. The van der Waals surface area contributed by atoms with E-state index in [9.17, 15) is 22.0 Å². The van der Waals surface area contributed by atoms with Gasteiger partial charge in [-0.15, -0.1) is 0 Å². The second-order valence-electron chi connectivity index (χ2n) is 4.58. The van der Waals surface area contributed by atoms with Crippen molar-refractivity contribution in [1.82, 2.24) is 0 Å². The Balaban J connectivity index is 2.30. The molecule has 1 aliphatic heterocycles. The van der Waals surface area contributed by atoms with Gasteiger partial charge in [0.1, 0.15) is 12.4 Å². The van der Waals surface area contributed by atoms with Gasteiger partial charge in [-0.25, -0.2) is 8.78 Å². The van der Waals surface area contributed by atoms with Crippen LogP contribution in [0.1, 0.15) is 18.4 Å². The third-order valence-corrected chi connectivity index (χ3v) is 3.10. The molecule has 1 aromatic carbocycles. The van der Waals surface area contributed by atoms with Gasteiger partial charge in [-0.05, 0) is 31.0 Å². The molecule has 2 rings (SSSR count). The molecular formula is C13H14F5NO. The van der Waals surface area contributed by atoms with Crippen LogP contribution < -0.4 is 9.64 Å². The normalized spacial score (nSPS) is 16.0. The number of nitrogens with zero attached hydrogens (tertiary/aromatic N) is 1. The molecule has 0 saturated carbocycles. The van der Waals surface area contributed by atoms with Crippen LogP contribution in [-0.2, 0) is 6.18 Å². The lowest BCUT2D eigenvalue weighted by molar-refractivity contribution is -0.137. The Hall–Kier alpha value is -1.53. The zero-order valence-corrected chi connectivity index (χ0v) is 10.6. The van der Waals surface area contributed by atoms with E-state index in [0.29, 0.717) is 13.1 Å². The van der Waals surface area contributed by atoms with Crippen LogP contribution in [0, 0.1) is 0 Å². The maximum atomic E-state index is 12.7. The van der Waals surface area contributed by atoms with Crippen molar-refractivity contribution in [2.75, 3.05) is 24.6 Å². The van der Waals surface area contributed by atoms with Gasteiger partial charge < -0.3 is 9.64 Å². The number of hydrogen-bond acceptors (Lipinski definition) is 2. The van der Waals surface area contributed by atoms with E-state index in [0.717, 1.165) is 31.0 Å². The molecule has 1 saturated heterocycles. The third-order valence-electron chi connectivity index (χ3n) is 3.10. The van der Waals surface area contributed by atoms with E-state index in [2.05, 4.69) is 0 Å². The molecule has 112 valence electrons. The van der Waals surface area contributed by atoms with E-state index in [1.807, 2.05) is 0 Å². The molecule has 0 radical (unpaired) electrons. The number of rotatable bonds is 4. The molecule has 0 aliphatic carbocycles. The Morgan fingerprint density at radius 3 is 2.35 bits per heavy atom. The van der Waals surface area contributed by atoms with Crippen LogP contribution in [-0.4, -0.2) is 26.1 Å². The van der Waals surface area contributed by atoms with Crippen LogP contribution in [0.25, 0.3) is 0 Å². The molecule has 1 fully saturated rings. The van der Waals surface area contributed by atoms with E-state index < -0.39 is 24.8 Å². The maximum Gasteiger partial charge on any atom is 0.416 e. The van der Waals surface area contributed by atoms with E-state index in [1.165, 1.54) is 0 Å². The van der Waals surface area contributed by atoms with Crippen molar-refractivity contribution in [3.63, 3.8) is 0 Å². The van der Waals surface area contributed by atoms with E-state index in [1.54, 1.807) is 4.90 Å². The van der Waals surface area contributed by atoms with E-state index in [4.69, 9.17) is 4.74 Å². The smallest absolute Gasteiger partial charge is 0.416 e. The van der Waals surface area contributed by atoms with Gasteiger partial charge in [0, 0.05) is 13.1 Å². The van der Waals surface area contributed by atoms with Gasteiger partial charge in [0.25, 0.3) is 6.43 Å². The van der Waals surface area contributed by atoms with Gasteiger partial charge in [-0.2, -0.15) is 13.2 Å². The molecule has 1 aromatic rings. The summed E-state index contributed by atoms with van der Waals surface area (Å²) in [6.07, 6.45) is -5.39. The predicted octanol–water partition coefficient (Wildman–Crippen LogP) is 3.95. The second kappa shape index (κ2) is 5.85. The summed E-state index contributed by atoms with van der Waals surface area (Å²) in [5.41, 5.74) is -0.568. The molecule has 0 aromatic heterocycles. The Bertz CT molecular complexity index is 455. The number of ether oxygens (including phenoxy) is 1. The largest absolute Gasteiger partial charge is 0.485 e. The molecule has 0 bridgehead atoms. The quantitative estimate of drug-likeness (QED) is 0.780. The average Bonchev–Trinajstić information content (AvgIpc) is 2.88. The van der Waals surface area contributed by atoms with Crippen molar-refractivity contribution < 1.29 is 26.7 Å². The summed E-state index contributed by atoms with van der Waals surface area (Å²) in [4.78, 5) is 1.73. The van der Waals surface area contributed by atoms with E-state index >= 15 is 0 Å². The fourth-order valence-corrected chi connectivity index (χ4v) is 2.17. The molecule has 2 nitrogen and oxygen atoms in total. The van der Waals surface area contributed by atoms with Crippen molar-refractivity contribution in [2.45, 2.75) is 25.4 Å². The molecule has 0 unspecified atom stereocenters. The highest BCUT2D eigenvalue weighted by molar-refractivity contribution is 5.61. The van der Waals surface area contributed by atoms with Gasteiger partial charge >= 0.3 is 6.18 Å². The van der Waals surface area contributed by atoms with Crippen molar-refractivity contribution >= 4 is 5.69 Å². The lowest BCUT2D eigenvalue weighted by Crippen LogP contribution is -2.20. The Morgan fingerprint density at radius 1 is 1.15 bits per heavy atom. The van der Waals surface area contributed by atoms with Crippen LogP contribution in [0.4, 0.5) is 27.6 Å². The predicted molar refractivity (Wildman–Crippen MR) is 64.4 cm³/mol. The third kappa shape index (κ3) is 3.52. The van der Waals surface area contributed by atoms with Crippen LogP contribution in [0.3, 0.4) is 0 Å². The molecule has 0 atom stereocenters. The summed E-state index contributed by atoms with van der Waals surface area (Å²) in [5, 5.41) is 0. The zero-order valence-electron chi connectivity index (χ0n) is 10.6. The molecule has 1 aliphatic rings. The molecule has 0 spiro atoms. The minimum Gasteiger partial charge on any atom is -0.485 e. The van der Waals surface area contributed by atoms with Gasteiger partial charge in [-0.1, -0.05) is 0 Å². The van der Waals surface area contributed by atoms with Crippen molar-refractivity contribution in [1.29, 1.82) is 0 Å². The van der Waals surface area contributed by atoms with Gasteiger partial charge in [0.15, 0.2) is 0 Å². The number of alkyl halides is 5. The van der Waals surface area contributed by atoms with E-state index in [-0.39, 0.29) is 11.4 Å². The average molecular weight is 295 g/mol. The number of halogens is 5. The summed E-state index contributed by atoms with van der Waals surface area (Å²) >= 11 is 0. The lowest BCUT2D eigenvalue weighted by Gasteiger charge is -2.22. The van der Waals surface area contributed by atoms with Gasteiger partial charge in [0.2, 0.25) is 0 Å². The number of hydrogen-bond donors (Lipinski definition) is 0. The van der Waals surface area contributed by atoms with Crippen LogP contribution >= 0.6 is 0 Å². The fourth-order valence-electron chi connectivity index (χ4n) is 2.17. The molecule has 0 amide bonds. The zero-order chi connectivity index (χ0) is 14.8. The Kier molecular flexibility index (Phi) is 4.35. The van der Waals surface area contributed by atoms with Gasteiger partial charge in [0.05, 0.1) is 11.3 Å². The first-order chi connectivity index (χ1) is 9.38. The lowest BCUT2D eigenvalue weighted by atomic mass is 10.1. The SMILES string of the molecule is FC(F)COc1ccc(C(F)(F)F)cc1N1CCCC1. The first-order valence-corrected chi connectivity index (χ1v) is 6.25. The first kappa shape index (κ1) is 14.9. The topological polar surface area (TPSA) is 12.5 Å². The number of anilines is 1. The highest BCUT2D eigenvalue weighted by Crippen LogP contribution is 2.38. The standard InChI is InChI=1S/C13H14F5NO/c14-12(15)8-20-11-4-3-9(13(16,17)18)7-10(11)19-5-1-2-6-19/h3-4,7,12H,1-2,5-6,8H2. The first-order valence-electron chi connectivity index (χ1n) is 6.25. The van der Waals surface area contributed by atoms with Crippen molar-refractivity contribution in [3.8, 4) is 5.75 Å². The van der Waals surface area contributed by atoms with Crippen molar-refractivity contribution in [2.24, 2.45) is 0 Å². The Morgan fingerprint density at radius 2 is 1.80 bits per heavy atom. The summed E-state index contributed by atoms with van der Waals surface area (Å²) in [6.45, 7) is 0.380. The van der Waals surface area contributed by atoms with Gasteiger partial charge in [-0.3, -0.25) is 0 Å². The number of benzene rings is 1. The summed E-state index contributed by atoms with van der Waals surface area (Å²) in [7, 11) is 0. The summed E-state index contributed by atoms with van der Waals surface area (Å²) in [6, 6.07) is 2.92. The minimum absolute atomic E-state index is 0.0696. The molecule has 0 N–H and O–H groups in total. The fraction of sp³-hybridized carbons (Fsp3) is 0.538. The van der Waals surface area contributed by atoms with Crippen LogP contribution in [0.5, 0.6) is 5.75 Å². The van der Waals surface area contributed by atoms with Crippen LogP contribution in [0.2, 0.25) is 0 Å². The maximum absolute atomic E-state index is 12.7. The molecule has 7 heteroatoms. The molecular weight excluding hydrogens is 281 g/mol. The van der Waals surface area contributed by atoms with Crippen LogP contribution in [0.15, 0.2) is 18.2 Å². The second-order valence-corrected chi connectivity index (χ2v) is 4.58. The summed E-state index contributed by atoms with van der Waals surface area (Å²) in [5.74, 6) is 0.0696.